The van der Waals surface area contributed by atoms with Crippen LogP contribution in [0.4, 0.5) is 0 Å². The Labute approximate surface area is 183 Å². The molecule has 1 fully saturated rings. The number of rotatable bonds is 6. The number of carbonyl (C=O) groups excluding carboxylic acids is 2. The summed E-state index contributed by atoms with van der Waals surface area (Å²) in [5.41, 5.74) is 2.28. The van der Waals surface area contributed by atoms with Gasteiger partial charge in [-0.25, -0.2) is 0 Å². The summed E-state index contributed by atoms with van der Waals surface area (Å²) in [7, 11) is 0. The van der Waals surface area contributed by atoms with Gasteiger partial charge in [0.05, 0.1) is 23.3 Å². The predicted molar refractivity (Wildman–Crippen MR) is 119 cm³/mol. The second-order valence-electron chi connectivity index (χ2n) is 8.19. The highest BCUT2D eigenvalue weighted by Gasteiger charge is 2.29. The molecule has 0 N–H and O–H groups in total. The second-order valence-corrected chi connectivity index (χ2v) is 8.60. The van der Waals surface area contributed by atoms with Crippen LogP contribution in [0.5, 0.6) is 0 Å². The first-order chi connectivity index (χ1) is 14.3. The number of amides is 2. The van der Waals surface area contributed by atoms with E-state index in [1.807, 2.05) is 48.2 Å². The molecule has 6 heteroatoms. The number of aryl methyl sites for hydroxylation is 1. The number of halogens is 1. The van der Waals surface area contributed by atoms with Crippen LogP contribution >= 0.6 is 11.6 Å². The van der Waals surface area contributed by atoms with Crippen molar-refractivity contribution in [2.45, 2.75) is 26.9 Å². The van der Waals surface area contributed by atoms with Gasteiger partial charge in [-0.05, 0) is 37.1 Å². The molecular formula is C24H29ClN2O3. The largest absolute Gasteiger partial charge is 0.373 e. The van der Waals surface area contributed by atoms with E-state index in [-0.39, 0.29) is 17.9 Å². The molecular weight excluding hydrogens is 400 g/mol. The van der Waals surface area contributed by atoms with Crippen molar-refractivity contribution in [1.29, 1.82) is 0 Å². The summed E-state index contributed by atoms with van der Waals surface area (Å²) in [5.74, 6) is 0.208. The van der Waals surface area contributed by atoms with Crippen LogP contribution in [0.2, 0.25) is 5.02 Å². The smallest absolute Gasteiger partial charge is 0.255 e. The summed E-state index contributed by atoms with van der Waals surface area (Å²) in [6, 6.07) is 14.7. The molecule has 0 aromatic heterocycles. The molecule has 1 heterocycles. The van der Waals surface area contributed by atoms with E-state index in [1.54, 1.807) is 17.0 Å². The minimum Gasteiger partial charge on any atom is -0.373 e. The molecule has 0 radical (unpaired) electrons. The maximum absolute atomic E-state index is 13.1. The quantitative estimate of drug-likeness (QED) is 0.689. The van der Waals surface area contributed by atoms with Crippen molar-refractivity contribution in [3.05, 3.63) is 70.2 Å². The molecule has 1 saturated heterocycles. The van der Waals surface area contributed by atoms with E-state index in [2.05, 4.69) is 13.8 Å². The summed E-state index contributed by atoms with van der Waals surface area (Å²) in [4.78, 5) is 29.6. The number of nitrogens with zero attached hydrogens (tertiary/aromatic N) is 2. The van der Waals surface area contributed by atoms with Crippen molar-refractivity contribution in [1.82, 2.24) is 9.80 Å². The van der Waals surface area contributed by atoms with E-state index in [0.717, 1.165) is 5.56 Å². The van der Waals surface area contributed by atoms with Gasteiger partial charge in [-0.2, -0.15) is 0 Å². The monoisotopic (exact) mass is 428 g/mol. The van der Waals surface area contributed by atoms with Crippen LogP contribution in [0.25, 0.3) is 0 Å². The number of hydrogen-bond donors (Lipinski definition) is 0. The molecule has 2 amide bonds. The van der Waals surface area contributed by atoms with Gasteiger partial charge in [-0.1, -0.05) is 55.3 Å². The Morgan fingerprint density at radius 3 is 2.53 bits per heavy atom. The van der Waals surface area contributed by atoms with Crippen molar-refractivity contribution in [2.75, 3.05) is 32.8 Å². The topological polar surface area (TPSA) is 49.9 Å². The minimum atomic E-state index is -0.238. The van der Waals surface area contributed by atoms with Crippen LogP contribution in [-0.2, 0) is 4.74 Å². The molecule has 3 rings (SSSR count). The van der Waals surface area contributed by atoms with Crippen LogP contribution in [0.15, 0.2) is 48.5 Å². The number of morpholine rings is 1. The summed E-state index contributed by atoms with van der Waals surface area (Å²) in [5, 5.41) is 0.446. The highest BCUT2D eigenvalue weighted by molar-refractivity contribution is 6.33. The Balaban J connectivity index is 1.71. The third-order valence-corrected chi connectivity index (χ3v) is 5.46. The van der Waals surface area contributed by atoms with Gasteiger partial charge in [0, 0.05) is 31.7 Å². The van der Waals surface area contributed by atoms with Gasteiger partial charge in [0.15, 0.2) is 0 Å². The average Bonchev–Trinajstić information content (AvgIpc) is 2.73. The van der Waals surface area contributed by atoms with E-state index < -0.39 is 0 Å². The van der Waals surface area contributed by atoms with Crippen molar-refractivity contribution < 1.29 is 14.3 Å². The number of hydrogen-bond acceptors (Lipinski definition) is 3. The zero-order chi connectivity index (χ0) is 21.7. The van der Waals surface area contributed by atoms with Gasteiger partial charge in [0.2, 0.25) is 0 Å². The van der Waals surface area contributed by atoms with Gasteiger partial charge in [0.25, 0.3) is 11.8 Å². The van der Waals surface area contributed by atoms with Crippen molar-refractivity contribution in [2.24, 2.45) is 5.92 Å². The molecule has 30 heavy (non-hydrogen) atoms. The summed E-state index contributed by atoms with van der Waals surface area (Å²) < 4.78 is 5.92. The Kier molecular flexibility index (Phi) is 7.51. The van der Waals surface area contributed by atoms with Crippen LogP contribution in [0.1, 0.15) is 40.1 Å². The Morgan fingerprint density at radius 2 is 1.87 bits per heavy atom. The molecule has 2 aromatic rings. The third kappa shape index (κ3) is 5.61. The SMILES string of the molecule is Cc1ccc(C(=O)N(CC(C)C)CC2CN(C(=O)c3ccccc3Cl)CCO2)cc1. The van der Waals surface area contributed by atoms with E-state index in [0.29, 0.717) is 54.9 Å². The molecule has 2 aromatic carbocycles. The summed E-state index contributed by atoms with van der Waals surface area (Å²) >= 11 is 6.21. The third-order valence-electron chi connectivity index (χ3n) is 5.13. The lowest BCUT2D eigenvalue weighted by Crippen LogP contribution is -2.51. The van der Waals surface area contributed by atoms with E-state index in [4.69, 9.17) is 16.3 Å². The van der Waals surface area contributed by atoms with Crippen molar-refractivity contribution >= 4 is 23.4 Å². The molecule has 160 valence electrons. The predicted octanol–water partition coefficient (Wildman–Crippen LogP) is 4.29. The minimum absolute atomic E-state index is 0.0122. The highest BCUT2D eigenvalue weighted by atomic mass is 35.5. The fourth-order valence-corrected chi connectivity index (χ4v) is 3.84. The highest BCUT2D eigenvalue weighted by Crippen LogP contribution is 2.19. The van der Waals surface area contributed by atoms with Crippen LogP contribution < -0.4 is 0 Å². The Morgan fingerprint density at radius 1 is 1.17 bits per heavy atom. The lowest BCUT2D eigenvalue weighted by molar-refractivity contribution is -0.0340. The van der Waals surface area contributed by atoms with Gasteiger partial charge in [0.1, 0.15) is 0 Å². The zero-order valence-corrected chi connectivity index (χ0v) is 18.6. The van der Waals surface area contributed by atoms with Crippen LogP contribution in [-0.4, -0.2) is 60.5 Å². The molecule has 1 atom stereocenters. The lowest BCUT2D eigenvalue weighted by atomic mass is 10.1. The first-order valence-corrected chi connectivity index (χ1v) is 10.7. The van der Waals surface area contributed by atoms with Crippen molar-refractivity contribution in [3.8, 4) is 0 Å². The number of carbonyl (C=O) groups is 2. The first kappa shape index (κ1) is 22.3. The summed E-state index contributed by atoms with van der Waals surface area (Å²) in [6.07, 6.45) is -0.238. The zero-order valence-electron chi connectivity index (χ0n) is 17.8. The van der Waals surface area contributed by atoms with Crippen LogP contribution in [0, 0.1) is 12.8 Å². The summed E-state index contributed by atoms with van der Waals surface area (Å²) in [6.45, 7) is 8.63. The fourth-order valence-electron chi connectivity index (χ4n) is 3.62. The molecule has 0 saturated carbocycles. The standard InChI is InChI=1S/C24H29ClN2O3/c1-17(2)14-27(23(28)19-10-8-18(3)9-11-19)16-20-15-26(12-13-30-20)24(29)21-6-4-5-7-22(21)25/h4-11,17,20H,12-16H2,1-3H3. The molecule has 1 unspecified atom stereocenters. The van der Waals surface area contributed by atoms with E-state index in [1.165, 1.54) is 0 Å². The Bertz CT molecular complexity index is 882. The number of benzene rings is 2. The molecule has 5 nitrogen and oxygen atoms in total. The molecule has 1 aliphatic rings. The first-order valence-electron chi connectivity index (χ1n) is 10.4. The van der Waals surface area contributed by atoms with E-state index >= 15 is 0 Å². The fraction of sp³-hybridized carbons (Fsp3) is 0.417. The molecule has 0 spiro atoms. The maximum Gasteiger partial charge on any atom is 0.255 e. The second kappa shape index (κ2) is 10.1. The molecule has 0 aliphatic carbocycles. The molecule has 0 bridgehead atoms. The normalized spacial score (nSPS) is 16.6. The lowest BCUT2D eigenvalue weighted by Gasteiger charge is -2.36. The van der Waals surface area contributed by atoms with Crippen molar-refractivity contribution in [3.63, 3.8) is 0 Å². The Hall–Kier alpha value is -2.37. The van der Waals surface area contributed by atoms with Gasteiger partial charge < -0.3 is 14.5 Å². The van der Waals surface area contributed by atoms with E-state index in [9.17, 15) is 9.59 Å². The van der Waals surface area contributed by atoms with Gasteiger partial charge in [-0.3, -0.25) is 9.59 Å². The maximum atomic E-state index is 13.1. The number of ether oxygens (including phenoxy) is 1. The van der Waals surface area contributed by atoms with Gasteiger partial charge in [-0.15, -0.1) is 0 Å². The van der Waals surface area contributed by atoms with Crippen LogP contribution in [0.3, 0.4) is 0 Å². The van der Waals surface area contributed by atoms with Gasteiger partial charge >= 0.3 is 0 Å². The molecule has 1 aliphatic heterocycles. The average molecular weight is 429 g/mol.